The van der Waals surface area contributed by atoms with Gasteiger partial charge in [-0.25, -0.2) is 0 Å². The molecule has 1 unspecified atom stereocenters. The Morgan fingerprint density at radius 1 is 1.44 bits per heavy atom. The topological polar surface area (TPSA) is 51.2 Å². The summed E-state index contributed by atoms with van der Waals surface area (Å²) >= 11 is 0. The number of carbonyl (C=O) groups excluding carboxylic acids is 1. The second-order valence-electron chi connectivity index (χ2n) is 5.53. The average molecular weight is 250 g/mol. The summed E-state index contributed by atoms with van der Waals surface area (Å²) in [6.45, 7) is 8.56. The van der Waals surface area contributed by atoms with E-state index in [1.807, 2.05) is 46.0 Å². The van der Waals surface area contributed by atoms with Crippen molar-refractivity contribution in [2.75, 3.05) is 7.11 Å². The molecule has 100 valence electrons. The molecule has 1 heterocycles. The van der Waals surface area contributed by atoms with Crippen LogP contribution in [-0.2, 0) is 16.1 Å². The maximum Gasteiger partial charge on any atom is 0.323 e. The SMILES string of the molecule is COC(=O)C(NCc1ccc(C)cn1)C(C)(C)C. The standard InChI is InChI=1S/C14H22N2O2/c1-10-6-7-11(15-8-10)9-16-12(13(17)18-5)14(2,3)4/h6-8,12,16H,9H2,1-5H3. The maximum atomic E-state index is 11.7. The van der Waals surface area contributed by atoms with Gasteiger partial charge in [0.05, 0.1) is 12.8 Å². The second-order valence-corrected chi connectivity index (χ2v) is 5.53. The van der Waals surface area contributed by atoms with E-state index in [1.54, 1.807) is 0 Å². The number of hydrogen-bond donors (Lipinski definition) is 1. The van der Waals surface area contributed by atoms with E-state index < -0.39 is 0 Å². The quantitative estimate of drug-likeness (QED) is 0.831. The van der Waals surface area contributed by atoms with Gasteiger partial charge in [-0.3, -0.25) is 15.1 Å². The summed E-state index contributed by atoms with van der Waals surface area (Å²) < 4.78 is 4.82. The summed E-state index contributed by atoms with van der Waals surface area (Å²) in [7, 11) is 1.41. The summed E-state index contributed by atoms with van der Waals surface area (Å²) in [6.07, 6.45) is 1.82. The molecule has 1 atom stereocenters. The Balaban J connectivity index is 2.68. The van der Waals surface area contributed by atoms with Crippen LogP contribution in [0.3, 0.4) is 0 Å². The third-order valence-corrected chi connectivity index (χ3v) is 2.76. The molecule has 1 N–H and O–H groups in total. The Morgan fingerprint density at radius 3 is 2.56 bits per heavy atom. The van der Waals surface area contributed by atoms with Gasteiger partial charge in [0.15, 0.2) is 0 Å². The van der Waals surface area contributed by atoms with Crippen molar-refractivity contribution in [1.29, 1.82) is 0 Å². The van der Waals surface area contributed by atoms with Gasteiger partial charge in [0.1, 0.15) is 6.04 Å². The highest BCUT2D eigenvalue weighted by Gasteiger charge is 2.31. The molecule has 0 aliphatic heterocycles. The lowest BCUT2D eigenvalue weighted by molar-refractivity contribution is -0.146. The zero-order valence-electron chi connectivity index (χ0n) is 11.8. The summed E-state index contributed by atoms with van der Waals surface area (Å²) in [5.41, 5.74) is 1.84. The first-order valence-corrected chi connectivity index (χ1v) is 6.07. The Kier molecular flexibility index (Phi) is 4.84. The highest BCUT2D eigenvalue weighted by molar-refractivity contribution is 5.76. The van der Waals surface area contributed by atoms with Crippen LogP contribution in [0.1, 0.15) is 32.0 Å². The first-order valence-electron chi connectivity index (χ1n) is 6.07. The molecule has 0 aliphatic carbocycles. The molecule has 0 saturated heterocycles. The van der Waals surface area contributed by atoms with Crippen LogP contribution in [0.15, 0.2) is 18.3 Å². The minimum Gasteiger partial charge on any atom is -0.468 e. The van der Waals surface area contributed by atoms with Crippen molar-refractivity contribution in [3.8, 4) is 0 Å². The number of pyridine rings is 1. The molecule has 0 bridgehead atoms. The van der Waals surface area contributed by atoms with E-state index in [-0.39, 0.29) is 17.4 Å². The fraction of sp³-hybridized carbons (Fsp3) is 0.571. The molecule has 0 saturated carbocycles. The number of aryl methyl sites for hydroxylation is 1. The Morgan fingerprint density at radius 2 is 2.11 bits per heavy atom. The fourth-order valence-electron chi connectivity index (χ4n) is 1.67. The number of carbonyl (C=O) groups is 1. The van der Waals surface area contributed by atoms with Gasteiger partial charge in [0, 0.05) is 12.7 Å². The lowest BCUT2D eigenvalue weighted by atomic mass is 9.86. The molecule has 0 aliphatic rings. The van der Waals surface area contributed by atoms with Crippen LogP contribution < -0.4 is 5.32 Å². The molecule has 1 aromatic heterocycles. The fourth-order valence-corrected chi connectivity index (χ4v) is 1.67. The van der Waals surface area contributed by atoms with E-state index in [0.29, 0.717) is 6.54 Å². The first-order chi connectivity index (χ1) is 8.34. The van der Waals surface area contributed by atoms with Crippen LogP contribution >= 0.6 is 0 Å². The van der Waals surface area contributed by atoms with Crippen molar-refractivity contribution >= 4 is 5.97 Å². The van der Waals surface area contributed by atoms with Gasteiger partial charge in [0.25, 0.3) is 0 Å². The van der Waals surface area contributed by atoms with E-state index in [9.17, 15) is 4.79 Å². The third kappa shape index (κ3) is 4.11. The molecule has 4 heteroatoms. The predicted octanol–water partition coefficient (Wildman–Crippen LogP) is 2.07. The van der Waals surface area contributed by atoms with E-state index >= 15 is 0 Å². The largest absolute Gasteiger partial charge is 0.468 e. The van der Waals surface area contributed by atoms with Gasteiger partial charge in [-0.05, 0) is 24.0 Å². The van der Waals surface area contributed by atoms with Crippen LogP contribution in [0, 0.1) is 12.3 Å². The zero-order chi connectivity index (χ0) is 13.8. The summed E-state index contributed by atoms with van der Waals surface area (Å²) in [5, 5.41) is 3.21. The van der Waals surface area contributed by atoms with Crippen LogP contribution in [0.4, 0.5) is 0 Å². The zero-order valence-corrected chi connectivity index (χ0v) is 11.8. The molecule has 1 rings (SSSR count). The molecular weight excluding hydrogens is 228 g/mol. The molecule has 1 aromatic rings. The van der Waals surface area contributed by atoms with Gasteiger partial charge in [-0.1, -0.05) is 26.8 Å². The predicted molar refractivity (Wildman–Crippen MR) is 71.1 cm³/mol. The van der Waals surface area contributed by atoms with Crippen LogP contribution in [0.2, 0.25) is 0 Å². The monoisotopic (exact) mass is 250 g/mol. The van der Waals surface area contributed by atoms with Gasteiger partial charge >= 0.3 is 5.97 Å². The minimum atomic E-state index is -0.342. The van der Waals surface area contributed by atoms with E-state index in [2.05, 4.69) is 10.3 Å². The second kappa shape index (κ2) is 5.96. The van der Waals surface area contributed by atoms with Gasteiger partial charge < -0.3 is 4.74 Å². The maximum absolute atomic E-state index is 11.7. The highest BCUT2D eigenvalue weighted by atomic mass is 16.5. The number of aromatic nitrogens is 1. The molecular formula is C14H22N2O2. The van der Waals surface area contributed by atoms with Crippen molar-refractivity contribution in [2.45, 2.75) is 40.3 Å². The molecule has 0 radical (unpaired) electrons. The molecule has 0 aromatic carbocycles. The number of methoxy groups -OCH3 is 1. The summed E-state index contributed by atoms with van der Waals surface area (Å²) in [4.78, 5) is 16.0. The van der Waals surface area contributed by atoms with Crippen LogP contribution in [-0.4, -0.2) is 24.1 Å². The van der Waals surface area contributed by atoms with E-state index in [1.165, 1.54) is 7.11 Å². The number of nitrogens with zero attached hydrogens (tertiary/aromatic N) is 1. The Bertz CT molecular complexity index is 393. The Hall–Kier alpha value is -1.42. The highest BCUT2D eigenvalue weighted by Crippen LogP contribution is 2.20. The summed E-state index contributed by atoms with van der Waals surface area (Å²) in [5.74, 6) is -0.241. The van der Waals surface area contributed by atoms with Crippen molar-refractivity contribution in [2.24, 2.45) is 5.41 Å². The van der Waals surface area contributed by atoms with Gasteiger partial charge in [-0.2, -0.15) is 0 Å². The van der Waals surface area contributed by atoms with Crippen LogP contribution in [0.5, 0.6) is 0 Å². The number of hydrogen-bond acceptors (Lipinski definition) is 4. The van der Waals surface area contributed by atoms with Gasteiger partial charge in [-0.15, -0.1) is 0 Å². The van der Waals surface area contributed by atoms with Crippen molar-refractivity contribution in [1.82, 2.24) is 10.3 Å². The summed E-state index contributed by atoms with van der Waals surface area (Å²) in [6, 6.07) is 3.62. The average Bonchev–Trinajstić information content (AvgIpc) is 2.29. The minimum absolute atomic E-state index is 0.197. The number of nitrogens with one attached hydrogen (secondary N) is 1. The van der Waals surface area contributed by atoms with E-state index in [4.69, 9.17) is 4.74 Å². The lowest BCUT2D eigenvalue weighted by Crippen LogP contribution is -2.46. The number of rotatable bonds is 4. The molecule has 0 spiro atoms. The van der Waals surface area contributed by atoms with Crippen molar-refractivity contribution < 1.29 is 9.53 Å². The molecule has 0 fully saturated rings. The molecule has 0 amide bonds. The van der Waals surface area contributed by atoms with Crippen molar-refractivity contribution in [3.05, 3.63) is 29.6 Å². The lowest BCUT2D eigenvalue weighted by Gasteiger charge is -2.29. The smallest absolute Gasteiger partial charge is 0.323 e. The van der Waals surface area contributed by atoms with Crippen molar-refractivity contribution in [3.63, 3.8) is 0 Å². The normalized spacial score (nSPS) is 13.2. The van der Waals surface area contributed by atoms with Gasteiger partial charge in [0.2, 0.25) is 0 Å². The number of ether oxygens (including phenoxy) is 1. The van der Waals surface area contributed by atoms with Crippen LogP contribution in [0.25, 0.3) is 0 Å². The molecule has 18 heavy (non-hydrogen) atoms. The van der Waals surface area contributed by atoms with E-state index in [0.717, 1.165) is 11.3 Å². The number of esters is 1. The third-order valence-electron chi connectivity index (χ3n) is 2.76. The first kappa shape index (κ1) is 14.6. The Labute approximate surface area is 109 Å². The molecule has 4 nitrogen and oxygen atoms in total.